The van der Waals surface area contributed by atoms with Crippen LogP contribution in [0.3, 0.4) is 0 Å². The van der Waals surface area contributed by atoms with Crippen molar-refractivity contribution in [2.75, 3.05) is 5.73 Å². The van der Waals surface area contributed by atoms with Gasteiger partial charge in [0.25, 0.3) is 0 Å². The first-order valence-electron chi connectivity index (χ1n) is 6.37. The molecule has 0 amide bonds. The van der Waals surface area contributed by atoms with Crippen LogP contribution >= 0.6 is 0 Å². The van der Waals surface area contributed by atoms with E-state index >= 15 is 0 Å². The van der Waals surface area contributed by atoms with Crippen molar-refractivity contribution < 1.29 is 0 Å². The maximum atomic E-state index is 5.89. The molecule has 1 aliphatic rings. The molecule has 2 aromatic rings. The Kier molecular flexibility index (Phi) is 2.50. The molecule has 0 aromatic carbocycles. The van der Waals surface area contributed by atoms with Gasteiger partial charge in [-0.3, -0.25) is 0 Å². The minimum absolute atomic E-state index is 0.546. The third-order valence-electron chi connectivity index (χ3n) is 3.77. The lowest BCUT2D eigenvalue weighted by atomic mass is 9.89. The molecule has 0 atom stereocenters. The summed E-state index contributed by atoms with van der Waals surface area (Å²) in [6, 6.07) is 3.85. The van der Waals surface area contributed by atoms with Crippen molar-refractivity contribution >= 4 is 11.3 Å². The normalized spacial score (nSPS) is 17.7. The fourth-order valence-corrected chi connectivity index (χ4v) is 2.64. The van der Waals surface area contributed by atoms with E-state index in [1.165, 1.54) is 32.1 Å². The molecular formula is C13H18N4. The van der Waals surface area contributed by atoms with Gasteiger partial charge in [0, 0.05) is 5.92 Å². The highest BCUT2D eigenvalue weighted by Crippen LogP contribution is 2.31. The predicted molar refractivity (Wildman–Crippen MR) is 68.0 cm³/mol. The summed E-state index contributed by atoms with van der Waals surface area (Å²) in [6.07, 6.45) is 6.43. The molecule has 4 heteroatoms. The lowest BCUT2D eigenvalue weighted by Gasteiger charge is -2.17. The molecule has 1 aliphatic carbocycles. The van der Waals surface area contributed by atoms with Crippen molar-refractivity contribution in [2.45, 2.75) is 44.9 Å². The van der Waals surface area contributed by atoms with Crippen LogP contribution in [0.2, 0.25) is 0 Å². The summed E-state index contributed by atoms with van der Waals surface area (Å²) in [7, 11) is 0. The number of rotatable bonds is 1. The van der Waals surface area contributed by atoms with Crippen molar-refractivity contribution in [2.24, 2.45) is 0 Å². The maximum absolute atomic E-state index is 5.89. The third-order valence-corrected chi connectivity index (χ3v) is 3.77. The van der Waals surface area contributed by atoms with Gasteiger partial charge >= 0.3 is 0 Å². The number of nitrogens with zero attached hydrogens (tertiary/aromatic N) is 3. The Morgan fingerprint density at radius 3 is 2.76 bits per heavy atom. The van der Waals surface area contributed by atoms with Crippen LogP contribution in [0.25, 0.3) is 5.65 Å². The minimum Gasteiger partial charge on any atom is -0.397 e. The molecule has 0 unspecified atom stereocenters. The molecule has 90 valence electrons. The van der Waals surface area contributed by atoms with E-state index in [-0.39, 0.29) is 0 Å². The van der Waals surface area contributed by atoms with Crippen LogP contribution in [0.15, 0.2) is 12.1 Å². The van der Waals surface area contributed by atoms with Crippen LogP contribution < -0.4 is 5.73 Å². The van der Waals surface area contributed by atoms with Crippen molar-refractivity contribution in [1.29, 1.82) is 0 Å². The topological polar surface area (TPSA) is 56.2 Å². The van der Waals surface area contributed by atoms with E-state index < -0.39 is 0 Å². The molecule has 1 saturated carbocycles. The summed E-state index contributed by atoms with van der Waals surface area (Å²) >= 11 is 0. The molecule has 3 rings (SSSR count). The fraction of sp³-hybridized carbons (Fsp3) is 0.538. The largest absolute Gasteiger partial charge is 0.397 e. The van der Waals surface area contributed by atoms with Crippen LogP contribution in [-0.4, -0.2) is 14.6 Å². The first-order chi connectivity index (χ1) is 8.25. The highest BCUT2D eigenvalue weighted by molar-refractivity contribution is 5.51. The van der Waals surface area contributed by atoms with E-state index in [9.17, 15) is 0 Å². The van der Waals surface area contributed by atoms with Gasteiger partial charge < -0.3 is 5.73 Å². The fourth-order valence-electron chi connectivity index (χ4n) is 2.64. The Hall–Kier alpha value is -1.58. The Labute approximate surface area is 101 Å². The smallest absolute Gasteiger partial charge is 0.156 e. The first kappa shape index (κ1) is 10.6. The molecule has 0 aliphatic heterocycles. The number of pyridine rings is 1. The standard InChI is InChI=1S/C13H18N4/c1-9-11(14)7-8-12-15-13(16-17(9)12)10-5-3-2-4-6-10/h7-8,10H,2-6,14H2,1H3. The summed E-state index contributed by atoms with van der Waals surface area (Å²) in [5.41, 5.74) is 8.56. The summed E-state index contributed by atoms with van der Waals surface area (Å²) in [5.74, 6) is 1.54. The summed E-state index contributed by atoms with van der Waals surface area (Å²) < 4.78 is 1.87. The Morgan fingerprint density at radius 1 is 1.24 bits per heavy atom. The number of anilines is 1. The second-order valence-corrected chi connectivity index (χ2v) is 4.95. The van der Waals surface area contributed by atoms with Crippen LogP contribution in [0.1, 0.15) is 49.5 Å². The highest BCUT2D eigenvalue weighted by Gasteiger charge is 2.20. The molecule has 17 heavy (non-hydrogen) atoms. The van der Waals surface area contributed by atoms with Gasteiger partial charge in [0.15, 0.2) is 11.5 Å². The van der Waals surface area contributed by atoms with Crippen molar-refractivity contribution in [3.8, 4) is 0 Å². The zero-order valence-corrected chi connectivity index (χ0v) is 10.2. The van der Waals surface area contributed by atoms with Gasteiger partial charge in [0.2, 0.25) is 0 Å². The second-order valence-electron chi connectivity index (χ2n) is 4.95. The van der Waals surface area contributed by atoms with Crippen LogP contribution in [0, 0.1) is 6.92 Å². The van der Waals surface area contributed by atoms with Crippen molar-refractivity contribution in [3.05, 3.63) is 23.7 Å². The van der Waals surface area contributed by atoms with Gasteiger partial charge in [0.1, 0.15) is 0 Å². The van der Waals surface area contributed by atoms with Crippen molar-refractivity contribution in [1.82, 2.24) is 14.6 Å². The summed E-state index contributed by atoms with van der Waals surface area (Å²) in [6.45, 7) is 1.99. The van der Waals surface area contributed by atoms with Crippen molar-refractivity contribution in [3.63, 3.8) is 0 Å². The minimum atomic E-state index is 0.546. The molecule has 0 radical (unpaired) electrons. The first-order valence-corrected chi connectivity index (χ1v) is 6.37. The maximum Gasteiger partial charge on any atom is 0.156 e. The van der Waals surface area contributed by atoms with Crippen LogP contribution in [0.4, 0.5) is 5.69 Å². The summed E-state index contributed by atoms with van der Waals surface area (Å²) in [5, 5.41) is 4.62. The van der Waals surface area contributed by atoms with Gasteiger partial charge in [0.05, 0.1) is 11.4 Å². The van der Waals surface area contributed by atoms with E-state index in [0.717, 1.165) is 22.9 Å². The molecule has 0 spiro atoms. The summed E-state index contributed by atoms with van der Waals surface area (Å²) in [4.78, 5) is 4.63. The molecule has 2 N–H and O–H groups in total. The average molecular weight is 230 g/mol. The SMILES string of the molecule is Cc1c(N)ccc2nc(C3CCCCC3)nn12. The molecule has 0 bridgehead atoms. The van der Waals surface area contributed by atoms with Gasteiger partial charge in [-0.25, -0.2) is 9.50 Å². The number of nitrogens with two attached hydrogens (primary N) is 1. The monoisotopic (exact) mass is 230 g/mol. The number of hydrogen-bond acceptors (Lipinski definition) is 3. The Bertz CT molecular complexity index is 538. The van der Waals surface area contributed by atoms with E-state index in [1.807, 2.05) is 23.6 Å². The zero-order valence-electron chi connectivity index (χ0n) is 10.2. The molecule has 0 saturated heterocycles. The van der Waals surface area contributed by atoms with Gasteiger partial charge in [-0.05, 0) is 31.9 Å². The number of fused-ring (bicyclic) bond motifs is 1. The van der Waals surface area contributed by atoms with Gasteiger partial charge in [-0.2, -0.15) is 5.10 Å². The third kappa shape index (κ3) is 1.77. The molecule has 4 nitrogen and oxygen atoms in total. The highest BCUT2D eigenvalue weighted by atomic mass is 15.3. The van der Waals surface area contributed by atoms with Crippen LogP contribution in [-0.2, 0) is 0 Å². The Balaban J connectivity index is 2.04. The molecule has 2 aromatic heterocycles. The number of nitrogen functional groups attached to an aromatic ring is 1. The van der Waals surface area contributed by atoms with Gasteiger partial charge in [-0.15, -0.1) is 0 Å². The second kappa shape index (κ2) is 4.02. The molecule has 1 fully saturated rings. The number of hydrogen-bond donors (Lipinski definition) is 1. The molecule has 2 heterocycles. The zero-order chi connectivity index (χ0) is 11.8. The van der Waals surface area contributed by atoms with E-state index in [0.29, 0.717) is 5.92 Å². The van der Waals surface area contributed by atoms with E-state index in [2.05, 4.69) is 10.1 Å². The lowest BCUT2D eigenvalue weighted by Crippen LogP contribution is -2.06. The van der Waals surface area contributed by atoms with E-state index in [1.54, 1.807) is 0 Å². The Morgan fingerprint density at radius 2 is 2.00 bits per heavy atom. The van der Waals surface area contributed by atoms with E-state index in [4.69, 9.17) is 5.73 Å². The average Bonchev–Trinajstić information content (AvgIpc) is 2.80. The number of aryl methyl sites for hydroxylation is 1. The predicted octanol–water partition coefficient (Wildman–Crippen LogP) is 2.67. The van der Waals surface area contributed by atoms with Gasteiger partial charge in [-0.1, -0.05) is 19.3 Å². The molecular weight excluding hydrogens is 212 g/mol. The lowest BCUT2D eigenvalue weighted by molar-refractivity contribution is 0.429. The number of aromatic nitrogens is 3. The van der Waals surface area contributed by atoms with Crippen LogP contribution in [0.5, 0.6) is 0 Å². The quantitative estimate of drug-likeness (QED) is 0.819.